The predicted octanol–water partition coefficient (Wildman–Crippen LogP) is 5.85. The van der Waals surface area contributed by atoms with Crippen LogP contribution in [0.3, 0.4) is 0 Å². The van der Waals surface area contributed by atoms with Crippen molar-refractivity contribution in [1.29, 1.82) is 0 Å². The van der Waals surface area contributed by atoms with Crippen LogP contribution in [-0.4, -0.2) is 12.5 Å². The Kier molecular flexibility index (Phi) is 5.90. The van der Waals surface area contributed by atoms with Crippen molar-refractivity contribution < 1.29 is 27.5 Å². The lowest BCUT2D eigenvalue weighted by Gasteiger charge is -2.09. The first-order valence-electron chi connectivity index (χ1n) is 9.37. The van der Waals surface area contributed by atoms with Crippen LogP contribution < -0.4 is 14.8 Å². The van der Waals surface area contributed by atoms with Gasteiger partial charge in [-0.3, -0.25) is 4.79 Å². The van der Waals surface area contributed by atoms with Crippen LogP contribution in [0, 0.1) is 0 Å². The Hall–Kier alpha value is -3.06. The van der Waals surface area contributed by atoms with Gasteiger partial charge >= 0.3 is 6.61 Å². The normalized spacial score (nSPS) is 12.7. The smallest absolute Gasteiger partial charge is 0.387 e. The lowest BCUT2D eigenvalue weighted by Crippen LogP contribution is -2.11. The summed E-state index contributed by atoms with van der Waals surface area (Å²) in [5.74, 6) is 0.677. The van der Waals surface area contributed by atoms with Crippen LogP contribution in [0.1, 0.15) is 33.9 Å². The summed E-state index contributed by atoms with van der Waals surface area (Å²) in [4.78, 5) is 12.4. The number of ether oxygens (including phenoxy) is 2. The molecule has 1 heterocycles. The summed E-state index contributed by atoms with van der Waals surface area (Å²) < 4.78 is 40.2. The van der Waals surface area contributed by atoms with Gasteiger partial charge in [0.25, 0.3) is 5.91 Å². The number of alkyl halides is 2. The second-order valence-corrected chi connectivity index (χ2v) is 7.22. The van der Waals surface area contributed by atoms with E-state index >= 15 is 0 Å². The largest absolute Gasteiger partial charge is 0.486 e. The van der Waals surface area contributed by atoms with Gasteiger partial charge in [-0.15, -0.1) is 0 Å². The van der Waals surface area contributed by atoms with Crippen molar-refractivity contribution in [2.45, 2.75) is 32.5 Å². The average Bonchev–Trinajstić information content (AvgIpc) is 3.37. The van der Waals surface area contributed by atoms with E-state index in [0.717, 1.165) is 18.6 Å². The highest BCUT2D eigenvalue weighted by atomic mass is 35.5. The Balaban J connectivity index is 1.35. The number of halogens is 3. The third kappa shape index (κ3) is 4.74. The van der Waals surface area contributed by atoms with Crippen molar-refractivity contribution in [1.82, 2.24) is 0 Å². The topological polar surface area (TPSA) is 60.7 Å². The van der Waals surface area contributed by atoms with Gasteiger partial charge in [0.15, 0.2) is 5.76 Å². The standard InChI is InChI=1S/C22H18ClF2NO4/c23-18-11-15(5-8-19(18)30-22(24)25)26-21(27)20-9-7-17(29-20)12-28-16-6-4-13-2-1-3-14(13)10-16/h4-11,22H,1-3,12H2,(H,26,27). The van der Waals surface area contributed by atoms with Crippen molar-refractivity contribution in [2.75, 3.05) is 5.32 Å². The van der Waals surface area contributed by atoms with Crippen molar-refractivity contribution >= 4 is 23.2 Å². The average molecular weight is 434 g/mol. The molecule has 0 aliphatic heterocycles. The molecule has 0 saturated heterocycles. The number of fused-ring (bicyclic) bond motifs is 1. The van der Waals surface area contributed by atoms with Crippen molar-refractivity contribution in [3.05, 3.63) is 76.2 Å². The number of aryl methyl sites for hydroxylation is 2. The molecule has 3 aromatic rings. The van der Waals surface area contributed by atoms with Gasteiger partial charge in [-0.25, -0.2) is 0 Å². The molecule has 1 N–H and O–H groups in total. The summed E-state index contributed by atoms with van der Waals surface area (Å²) in [6, 6.07) is 13.2. The first-order valence-corrected chi connectivity index (χ1v) is 9.75. The molecule has 0 radical (unpaired) electrons. The Morgan fingerprint density at radius 1 is 1.10 bits per heavy atom. The van der Waals surface area contributed by atoms with E-state index in [2.05, 4.69) is 16.1 Å². The summed E-state index contributed by atoms with van der Waals surface area (Å²) in [5, 5.41) is 2.55. The van der Waals surface area contributed by atoms with Gasteiger partial charge in [-0.05, 0) is 72.9 Å². The molecule has 1 aliphatic carbocycles. The van der Waals surface area contributed by atoms with E-state index in [0.29, 0.717) is 11.4 Å². The minimum Gasteiger partial charge on any atom is -0.486 e. The van der Waals surface area contributed by atoms with Crippen LogP contribution >= 0.6 is 11.6 Å². The van der Waals surface area contributed by atoms with Crippen LogP contribution in [0.5, 0.6) is 11.5 Å². The molecule has 4 rings (SSSR count). The highest BCUT2D eigenvalue weighted by Crippen LogP contribution is 2.29. The molecule has 30 heavy (non-hydrogen) atoms. The number of amides is 1. The Bertz CT molecular complexity index is 1070. The predicted molar refractivity (Wildman–Crippen MR) is 108 cm³/mol. The molecule has 1 aromatic heterocycles. The number of hydrogen-bond donors (Lipinski definition) is 1. The van der Waals surface area contributed by atoms with E-state index < -0.39 is 12.5 Å². The summed E-state index contributed by atoms with van der Waals surface area (Å²) >= 11 is 5.89. The van der Waals surface area contributed by atoms with Crippen molar-refractivity contribution in [2.24, 2.45) is 0 Å². The lowest BCUT2D eigenvalue weighted by atomic mass is 10.1. The summed E-state index contributed by atoms with van der Waals surface area (Å²) in [6.45, 7) is -2.79. The monoisotopic (exact) mass is 433 g/mol. The van der Waals surface area contributed by atoms with E-state index in [1.54, 1.807) is 6.07 Å². The molecule has 1 amide bonds. The molecule has 0 unspecified atom stereocenters. The summed E-state index contributed by atoms with van der Waals surface area (Å²) in [7, 11) is 0. The molecule has 0 atom stereocenters. The van der Waals surface area contributed by atoms with Crippen LogP contribution in [0.4, 0.5) is 14.5 Å². The zero-order valence-electron chi connectivity index (χ0n) is 15.8. The number of carbonyl (C=O) groups is 1. The fourth-order valence-electron chi connectivity index (χ4n) is 3.33. The second kappa shape index (κ2) is 8.75. The van der Waals surface area contributed by atoms with Crippen molar-refractivity contribution in [3.8, 4) is 11.5 Å². The van der Waals surface area contributed by atoms with Crippen LogP contribution in [0.2, 0.25) is 5.02 Å². The number of furan rings is 1. The van der Waals surface area contributed by atoms with E-state index in [4.69, 9.17) is 20.8 Å². The molecule has 1 aliphatic rings. The van der Waals surface area contributed by atoms with Gasteiger partial charge in [0.05, 0.1) is 5.02 Å². The molecule has 0 saturated carbocycles. The van der Waals surface area contributed by atoms with Crippen LogP contribution in [0.15, 0.2) is 52.9 Å². The van der Waals surface area contributed by atoms with E-state index in [9.17, 15) is 13.6 Å². The fraction of sp³-hybridized carbons (Fsp3) is 0.227. The molecule has 5 nitrogen and oxygen atoms in total. The first kappa shape index (κ1) is 20.2. The zero-order chi connectivity index (χ0) is 21.1. The van der Waals surface area contributed by atoms with E-state index in [-0.39, 0.29) is 23.1 Å². The maximum atomic E-state index is 12.4. The minimum atomic E-state index is -2.98. The molecule has 8 heteroatoms. The van der Waals surface area contributed by atoms with E-state index in [1.807, 2.05) is 12.1 Å². The Morgan fingerprint density at radius 2 is 1.93 bits per heavy atom. The lowest BCUT2D eigenvalue weighted by molar-refractivity contribution is -0.0497. The quantitative estimate of drug-likeness (QED) is 0.507. The minimum absolute atomic E-state index is 0.0454. The number of anilines is 1. The molecule has 0 fully saturated rings. The SMILES string of the molecule is O=C(Nc1ccc(OC(F)F)c(Cl)c1)c1ccc(COc2ccc3c(c2)CCC3)o1. The number of hydrogen-bond acceptors (Lipinski definition) is 4. The first-order chi connectivity index (χ1) is 14.5. The zero-order valence-corrected chi connectivity index (χ0v) is 16.5. The molecular weight excluding hydrogens is 416 g/mol. The van der Waals surface area contributed by atoms with Gasteiger partial charge < -0.3 is 19.2 Å². The summed E-state index contributed by atoms with van der Waals surface area (Å²) in [6.07, 6.45) is 3.35. The van der Waals surface area contributed by atoms with Crippen LogP contribution in [-0.2, 0) is 19.4 Å². The highest BCUT2D eigenvalue weighted by Gasteiger charge is 2.15. The highest BCUT2D eigenvalue weighted by molar-refractivity contribution is 6.32. The Morgan fingerprint density at radius 3 is 2.73 bits per heavy atom. The van der Waals surface area contributed by atoms with Gasteiger partial charge in [0, 0.05) is 5.69 Å². The molecule has 156 valence electrons. The third-order valence-corrected chi connectivity index (χ3v) is 5.04. The summed E-state index contributed by atoms with van der Waals surface area (Å²) in [5.41, 5.74) is 3.00. The van der Waals surface area contributed by atoms with Gasteiger partial charge in [-0.1, -0.05) is 17.7 Å². The fourth-order valence-corrected chi connectivity index (χ4v) is 3.56. The second-order valence-electron chi connectivity index (χ2n) is 6.82. The maximum absolute atomic E-state index is 12.4. The third-order valence-electron chi connectivity index (χ3n) is 4.74. The van der Waals surface area contributed by atoms with Gasteiger partial charge in [0.1, 0.15) is 23.9 Å². The number of nitrogens with one attached hydrogen (secondary N) is 1. The maximum Gasteiger partial charge on any atom is 0.387 e. The van der Waals surface area contributed by atoms with Crippen LogP contribution in [0.25, 0.3) is 0 Å². The molecular formula is C22H18ClF2NO4. The molecule has 0 bridgehead atoms. The van der Waals surface area contributed by atoms with Gasteiger partial charge in [0.2, 0.25) is 0 Å². The number of carbonyl (C=O) groups excluding carboxylic acids is 1. The van der Waals surface area contributed by atoms with E-state index in [1.165, 1.54) is 41.8 Å². The van der Waals surface area contributed by atoms with Gasteiger partial charge in [-0.2, -0.15) is 8.78 Å². The number of rotatable bonds is 7. The molecule has 2 aromatic carbocycles. The Labute approximate surface area is 176 Å². The number of benzene rings is 2. The molecule has 0 spiro atoms. The van der Waals surface area contributed by atoms with Crippen molar-refractivity contribution in [3.63, 3.8) is 0 Å².